The lowest BCUT2D eigenvalue weighted by molar-refractivity contribution is -0.380. The molecule has 130 valence electrons. The number of nitrogens with zero attached hydrogens (tertiary/aromatic N) is 2. The van der Waals surface area contributed by atoms with Crippen molar-refractivity contribution in [3.63, 3.8) is 0 Å². The first kappa shape index (κ1) is 17.0. The van der Waals surface area contributed by atoms with Gasteiger partial charge in [-0.2, -0.15) is 0 Å². The van der Waals surface area contributed by atoms with Crippen molar-refractivity contribution in [1.29, 1.82) is 0 Å². The van der Waals surface area contributed by atoms with Crippen LogP contribution in [0.4, 0.5) is 10.0 Å². The molecule has 10 heteroatoms. The second-order valence-electron chi connectivity index (χ2n) is 5.12. The lowest BCUT2D eigenvalue weighted by Gasteiger charge is -1.91. The Morgan fingerprint density at radius 2 is 0.769 bits per heavy atom. The molecule has 0 saturated heterocycles. The molecule has 0 bridgehead atoms. The summed E-state index contributed by atoms with van der Waals surface area (Å²) in [6, 6.07) is 14.5. The summed E-state index contributed by atoms with van der Waals surface area (Å²) in [5.74, 6) is 0. The van der Waals surface area contributed by atoms with Crippen molar-refractivity contribution in [3.8, 4) is 29.3 Å². The summed E-state index contributed by atoms with van der Waals surface area (Å²) >= 11 is 5.48. The average molecular weight is 421 g/mol. The number of thiophene rings is 4. The van der Waals surface area contributed by atoms with Crippen LogP contribution >= 0.6 is 45.3 Å². The van der Waals surface area contributed by atoms with E-state index >= 15 is 0 Å². The Labute approximate surface area is 162 Å². The highest BCUT2D eigenvalue weighted by atomic mass is 32.1. The molecule has 0 aromatic carbocycles. The van der Waals surface area contributed by atoms with E-state index in [0.29, 0.717) is 0 Å². The molecular formula is C16H8N2O4S4. The third-order valence-electron chi connectivity index (χ3n) is 3.48. The minimum absolute atomic E-state index is 0.132. The molecule has 4 aromatic heterocycles. The SMILES string of the molecule is O=[N+]([O-])c1ccc(-c2ccc(-c3ccc(-c4ccc([N+](=O)[O-])s4)s3)s2)s1. The van der Waals surface area contributed by atoms with Crippen LogP contribution in [0.1, 0.15) is 0 Å². The second-order valence-corrected chi connectivity index (χ2v) is 9.41. The zero-order valence-electron chi connectivity index (χ0n) is 12.8. The summed E-state index contributed by atoms with van der Waals surface area (Å²) in [4.78, 5) is 26.8. The summed E-state index contributed by atoms with van der Waals surface area (Å²) in [5, 5.41) is 21.9. The van der Waals surface area contributed by atoms with E-state index in [2.05, 4.69) is 0 Å². The van der Waals surface area contributed by atoms with Crippen molar-refractivity contribution in [2.75, 3.05) is 0 Å². The fourth-order valence-corrected chi connectivity index (χ4v) is 6.25. The van der Waals surface area contributed by atoms with Crippen molar-refractivity contribution in [2.45, 2.75) is 0 Å². The molecule has 0 aliphatic rings. The first-order valence-electron chi connectivity index (χ1n) is 7.20. The second kappa shape index (κ2) is 6.72. The van der Waals surface area contributed by atoms with Gasteiger partial charge >= 0.3 is 10.0 Å². The first-order valence-corrected chi connectivity index (χ1v) is 10.5. The molecule has 0 amide bonds. The van der Waals surface area contributed by atoms with Crippen LogP contribution in [0.3, 0.4) is 0 Å². The van der Waals surface area contributed by atoms with Crippen LogP contribution in [0.15, 0.2) is 48.5 Å². The van der Waals surface area contributed by atoms with Crippen molar-refractivity contribution in [1.82, 2.24) is 0 Å². The molecule has 0 spiro atoms. The van der Waals surface area contributed by atoms with Crippen LogP contribution in [0.2, 0.25) is 0 Å². The topological polar surface area (TPSA) is 86.3 Å². The highest BCUT2D eigenvalue weighted by molar-refractivity contribution is 7.29. The summed E-state index contributed by atoms with van der Waals surface area (Å²) in [5.41, 5.74) is 0. The van der Waals surface area contributed by atoms with Crippen LogP contribution in [-0.4, -0.2) is 9.85 Å². The van der Waals surface area contributed by atoms with Gasteiger partial charge in [-0.05, 0) is 36.4 Å². The van der Waals surface area contributed by atoms with Gasteiger partial charge in [0.15, 0.2) is 0 Å². The molecule has 4 aromatic rings. The highest BCUT2D eigenvalue weighted by Gasteiger charge is 2.15. The van der Waals surface area contributed by atoms with Crippen molar-refractivity contribution < 1.29 is 9.85 Å². The highest BCUT2D eigenvalue weighted by Crippen LogP contribution is 2.44. The van der Waals surface area contributed by atoms with E-state index in [1.807, 2.05) is 24.3 Å². The third-order valence-corrected chi connectivity index (χ3v) is 8.32. The molecule has 26 heavy (non-hydrogen) atoms. The van der Waals surface area contributed by atoms with Crippen molar-refractivity contribution >= 4 is 55.3 Å². The van der Waals surface area contributed by atoms with E-state index in [1.54, 1.807) is 34.8 Å². The number of nitro groups is 2. The van der Waals surface area contributed by atoms with Gasteiger partial charge in [0, 0.05) is 31.6 Å². The van der Waals surface area contributed by atoms with E-state index in [1.165, 1.54) is 12.1 Å². The lowest BCUT2D eigenvalue weighted by Crippen LogP contribution is -1.80. The van der Waals surface area contributed by atoms with Gasteiger partial charge in [-0.25, -0.2) is 0 Å². The van der Waals surface area contributed by atoms with Crippen LogP contribution in [0, 0.1) is 20.2 Å². The Morgan fingerprint density at radius 1 is 0.500 bits per heavy atom. The summed E-state index contributed by atoms with van der Waals surface area (Å²) < 4.78 is 0. The van der Waals surface area contributed by atoms with Gasteiger partial charge in [-0.15, -0.1) is 22.7 Å². The van der Waals surface area contributed by atoms with Crippen LogP contribution in [0.25, 0.3) is 29.3 Å². The Kier molecular flexibility index (Phi) is 4.41. The molecule has 0 fully saturated rings. The van der Waals surface area contributed by atoms with Gasteiger partial charge < -0.3 is 0 Å². The zero-order valence-corrected chi connectivity index (χ0v) is 16.0. The van der Waals surface area contributed by atoms with Gasteiger partial charge in [-0.1, -0.05) is 22.7 Å². The van der Waals surface area contributed by atoms with Gasteiger partial charge in [-0.3, -0.25) is 20.2 Å². The van der Waals surface area contributed by atoms with E-state index in [4.69, 9.17) is 0 Å². The Hall–Kier alpha value is -2.40. The van der Waals surface area contributed by atoms with Crippen molar-refractivity contribution in [3.05, 3.63) is 68.8 Å². The van der Waals surface area contributed by atoms with Gasteiger partial charge in [0.25, 0.3) is 0 Å². The molecule has 0 aliphatic carbocycles. The third kappa shape index (κ3) is 3.19. The molecular weight excluding hydrogens is 412 g/mol. The van der Waals surface area contributed by atoms with E-state index in [-0.39, 0.29) is 19.8 Å². The summed E-state index contributed by atoms with van der Waals surface area (Å²) in [6.07, 6.45) is 0. The molecule has 0 saturated carbocycles. The molecule has 0 unspecified atom stereocenters. The summed E-state index contributed by atoms with van der Waals surface area (Å²) in [7, 11) is 0. The Morgan fingerprint density at radius 3 is 1.04 bits per heavy atom. The maximum atomic E-state index is 10.8. The smallest absolute Gasteiger partial charge is 0.258 e. The van der Waals surface area contributed by atoms with Crippen molar-refractivity contribution in [2.24, 2.45) is 0 Å². The molecule has 6 nitrogen and oxygen atoms in total. The van der Waals surface area contributed by atoms with Crippen LogP contribution in [0.5, 0.6) is 0 Å². The molecule has 0 atom stereocenters. The molecule has 0 radical (unpaired) electrons. The lowest BCUT2D eigenvalue weighted by atomic mass is 10.3. The first-order chi connectivity index (χ1) is 12.5. The molecule has 4 heterocycles. The van der Waals surface area contributed by atoms with Crippen LogP contribution < -0.4 is 0 Å². The standard InChI is InChI=1S/C16H8N2O4S4/c19-17(20)15-7-5-13(25-15)11-3-1-9(23-11)10-2-4-12(24-10)14-6-8-16(26-14)18(21)22/h1-8H. The summed E-state index contributed by atoms with van der Waals surface area (Å²) in [6.45, 7) is 0. The van der Waals surface area contributed by atoms with E-state index in [0.717, 1.165) is 51.9 Å². The molecule has 4 rings (SSSR count). The van der Waals surface area contributed by atoms with E-state index in [9.17, 15) is 20.2 Å². The average Bonchev–Trinajstić information content (AvgIpc) is 3.40. The van der Waals surface area contributed by atoms with Gasteiger partial charge in [0.05, 0.1) is 19.6 Å². The Bertz CT molecular complexity index is 1030. The number of hydrogen-bond acceptors (Lipinski definition) is 8. The Balaban J connectivity index is 1.60. The number of hydrogen-bond donors (Lipinski definition) is 0. The quantitative estimate of drug-likeness (QED) is 0.264. The fraction of sp³-hybridized carbons (Fsp3) is 0. The predicted octanol–water partition coefficient (Wildman–Crippen LogP) is 6.75. The van der Waals surface area contributed by atoms with E-state index < -0.39 is 0 Å². The molecule has 0 aliphatic heterocycles. The van der Waals surface area contributed by atoms with Gasteiger partial charge in [0.1, 0.15) is 0 Å². The number of rotatable bonds is 5. The monoisotopic (exact) mass is 420 g/mol. The predicted molar refractivity (Wildman–Crippen MR) is 108 cm³/mol. The van der Waals surface area contributed by atoms with Crippen LogP contribution in [-0.2, 0) is 0 Å². The maximum Gasteiger partial charge on any atom is 0.324 e. The minimum atomic E-state index is -0.381. The normalized spacial score (nSPS) is 10.9. The molecule has 0 N–H and O–H groups in total. The maximum absolute atomic E-state index is 10.8. The minimum Gasteiger partial charge on any atom is -0.258 e. The zero-order chi connectivity index (χ0) is 18.3. The fourth-order valence-electron chi connectivity index (χ4n) is 2.32. The largest absolute Gasteiger partial charge is 0.324 e. The van der Waals surface area contributed by atoms with Gasteiger partial charge in [0.2, 0.25) is 0 Å².